The lowest BCUT2D eigenvalue weighted by molar-refractivity contribution is -0.124. The van der Waals surface area contributed by atoms with Crippen molar-refractivity contribution in [3.63, 3.8) is 0 Å². The third kappa shape index (κ3) is 5.78. The number of aryl methyl sites for hydroxylation is 1. The van der Waals surface area contributed by atoms with E-state index < -0.39 is 11.8 Å². The fourth-order valence-corrected chi connectivity index (χ4v) is 4.70. The smallest absolute Gasteiger partial charge is 0.248 e. The fraction of sp³-hybridized carbons (Fsp3) is 0.500. The first-order valence-corrected chi connectivity index (χ1v) is 12.2. The van der Waals surface area contributed by atoms with Crippen molar-refractivity contribution in [1.82, 2.24) is 14.8 Å². The molecule has 1 fully saturated rings. The van der Waals surface area contributed by atoms with Gasteiger partial charge in [-0.25, -0.2) is 13.8 Å². The molecular weight excluding hydrogens is 436 g/mol. The quantitative estimate of drug-likeness (QED) is 0.408. The van der Waals surface area contributed by atoms with Crippen molar-refractivity contribution >= 4 is 22.5 Å². The Hall–Kier alpha value is -2.87. The highest BCUT2D eigenvalue weighted by atomic mass is 19.3. The molecule has 0 unspecified atom stereocenters. The number of nitrogens with one attached hydrogen (secondary N) is 1. The molecule has 0 saturated heterocycles. The minimum absolute atomic E-state index is 0.201. The highest BCUT2D eigenvalue weighted by Gasteiger charge is 2.37. The predicted molar refractivity (Wildman–Crippen MR) is 131 cm³/mol. The molecule has 3 N–H and O–H groups in total. The molecule has 0 bridgehead atoms. The Balaban J connectivity index is 1.48. The number of carbonyl (C=O) groups is 1. The molecule has 1 aromatic carbocycles. The minimum atomic E-state index is -2.65. The highest BCUT2D eigenvalue weighted by Crippen LogP contribution is 2.36. The number of carbonyl (C=O) groups excluding carboxylic acids is 1. The lowest BCUT2D eigenvalue weighted by atomic mass is 9.86. The number of anilines is 1. The van der Waals surface area contributed by atoms with Crippen LogP contribution in [0.5, 0.6) is 0 Å². The van der Waals surface area contributed by atoms with Crippen molar-refractivity contribution in [3.8, 4) is 11.1 Å². The summed E-state index contributed by atoms with van der Waals surface area (Å²) in [6.07, 6.45) is 8.95. The van der Waals surface area contributed by atoms with E-state index >= 15 is 0 Å². The summed E-state index contributed by atoms with van der Waals surface area (Å²) in [6, 6.07) is 8.02. The molecule has 1 aliphatic rings. The summed E-state index contributed by atoms with van der Waals surface area (Å²) >= 11 is 0. The molecule has 34 heavy (non-hydrogen) atoms. The number of aromatic nitrogens is 3. The van der Waals surface area contributed by atoms with E-state index in [1.807, 2.05) is 30.1 Å². The van der Waals surface area contributed by atoms with Gasteiger partial charge in [-0.15, -0.1) is 0 Å². The van der Waals surface area contributed by atoms with Crippen molar-refractivity contribution in [2.75, 3.05) is 11.9 Å². The zero-order valence-corrected chi connectivity index (χ0v) is 19.7. The zero-order valence-electron chi connectivity index (χ0n) is 19.7. The van der Waals surface area contributed by atoms with Crippen LogP contribution in [0.1, 0.15) is 57.1 Å². The number of halogens is 2. The number of nitrogens with two attached hydrogens (primary N) is 1. The number of hydrogen-bond donors (Lipinski definition) is 2. The first-order valence-electron chi connectivity index (χ1n) is 12.2. The molecule has 0 atom stereocenters. The lowest BCUT2D eigenvalue weighted by Crippen LogP contribution is -2.32. The average molecular weight is 470 g/mol. The van der Waals surface area contributed by atoms with Crippen LogP contribution in [0.2, 0.25) is 0 Å². The largest absolute Gasteiger partial charge is 0.330 e. The van der Waals surface area contributed by atoms with Crippen LogP contribution in [0.4, 0.5) is 14.6 Å². The second-order valence-corrected chi connectivity index (χ2v) is 9.33. The SMILES string of the molecule is Cn1ncc(-c2ccc3cnc(NC(=O)C4CCC(F)(F)CC4)cc3c2)c1CCCCCCN. The maximum atomic E-state index is 13.4. The number of benzene rings is 1. The predicted octanol–water partition coefficient (Wildman–Crippen LogP) is 5.46. The highest BCUT2D eigenvalue weighted by molar-refractivity contribution is 5.95. The number of alkyl halides is 2. The van der Waals surface area contributed by atoms with Crippen LogP contribution in [0, 0.1) is 5.92 Å². The molecule has 182 valence electrons. The average Bonchev–Trinajstić information content (AvgIpc) is 3.18. The topological polar surface area (TPSA) is 85.8 Å². The van der Waals surface area contributed by atoms with Crippen LogP contribution in [-0.2, 0) is 18.3 Å². The molecule has 1 aliphatic carbocycles. The Kier molecular flexibility index (Phi) is 7.56. The molecule has 1 saturated carbocycles. The van der Waals surface area contributed by atoms with Gasteiger partial charge in [0.1, 0.15) is 5.82 Å². The summed E-state index contributed by atoms with van der Waals surface area (Å²) < 4.78 is 28.8. The molecule has 0 spiro atoms. The second kappa shape index (κ2) is 10.6. The molecule has 8 heteroatoms. The molecule has 4 rings (SSSR count). The van der Waals surface area contributed by atoms with Crippen molar-refractivity contribution in [2.45, 2.75) is 63.7 Å². The Morgan fingerprint density at radius 2 is 1.88 bits per heavy atom. The number of fused-ring (bicyclic) bond motifs is 1. The van der Waals surface area contributed by atoms with Crippen molar-refractivity contribution in [1.29, 1.82) is 0 Å². The van der Waals surface area contributed by atoms with Gasteiger partial charge in [0.15, 0.2) is 0 Å². The number of hydrogen-bond acceptors (Lipinski definition) is 4. The van der Waals surface area contributed by atoms with E-state index in [0.717, 1.165) is 60.5 Å². The molecule has 2 aromatic heterocycles. The standard InChI is InChI=1S/C26H33F2N5O/c1-33-23(6-4-2-3-5-13-29)22(17-31-33)19-7-8-20-16-30-24(15-21(20)14-19)32-25(34)18-9-11-26(27,28)12-10-18/h7-8,14-18H,2-6,9-13,29H2,1H3,(H,30,32,34). The number of amides is 1. The summed E-state index contributed by atoms with van der Waals surface area (Å²) in [7, 11) is 1.97. The van der Waals surface area contributed by atoms with Crippen LogP contribution in [-0.4, -0.2) is 33.1 Å². The third-order valence-corrected chi connectivity index (χ3v) is 6.80. The number of pyridine rings is 1. The number of unbranched alkanes of at least 4 members (excludes halogenated alkanes) is 3. The van der Waals surface area contributed by atoms with Gasteiger partial charge in [0, 0.05) is 48.6 Å². The van der Waals surface area contributed by atoms with Gasteiger partial charge in [0.25, 0.3) is 0 Å². The summed E-state index contributed by atoms with van der Waals surface area (Å²) in [5.74, 6) is -2.84. The summed E-state index contributed by atoms with van der Waals surface area (Å²) in [5.41, 5.74) is 8.96. The van der Waals surface area contributed by atoms with Crippen molar-refractivity contribution < 1.29 is 13.6 Å². The lowest BCUT2D eigenvalue weighted by Gasteiger charge is -2.27. The van der Waals surface area contributed by atoms with Gasteiger partial charge in [-0.2, -0.15) is 5.10 Å². The third-order valence-electron chi connectivity index (χ3n) is 6.80. The van der Waals surface area contributed by atoms with E-state index in [-0.39, 0.29) is 31.6 Å². The van der Waals surface area contributed by atoms with E-state index in [1.54, 1.807) is 6.20 Å². The molecular formula is C26H33F2N5O. The van der Waals surface area contributed by atoms with Gasteiger partial charge >= 0.3 is 0 Å². The molecule has 0 radical (unpaired) electrons. The second-order valence-electron chi connectivity index (χ2n) is 9.33. The maximum Gasteiger partial charge on any atom is 0.248 e. The zero-order chi connectivity index (χ0) is 24.1. The van der Waals surface area contributed by atoms with Gasteiger partial charge in [-0.1, -0.05) is 25.0 Å². The van der Waals surface area contributed by atoms with Crippen molar-refractivity contribution in [3.05, 3.63) is 42.4 Å². The normalized spacial score (nSPS) is 16.1. The van der Waals surface area contributed by atoms with Crippen LogP contribution in [0.25, 0.3) is 21.9 Å². The van der Waals surface area contributed by atoms with Crippen LogP contribution in [0.15, 0.2) is 36.7 Å². The Labute approximate surface area is 198 Å². The number of nitrogens with zero attached hydrogens (tertiary/aromatic N) is 3. The van der Waals surface area contributed by atoms with Gasteiger partial charge in [0.05, 0.1) is 6.20 Å². The van der Waals surface area contributed by atoms with E-state index in [9.17, 15) is 13.6 Å². The molecule has 6 nitrogen and oxygen atoms in total. The fourth-order valence-electron chi connectivity index (χ4n) is 4.70. The Morgan fingerprint density at radius 3 is 2.65 bits per heavy atom. The van der Waals surface area contributed by atoms with E-state index in [4.69, 9.17) is 5.73 Å². The van der Waals surface area contributed by atoms with Crippen LogP contribution >= 0.6 is 0 Å². The summed E-state index contributed by atoms with van der Waals surface area (Å²) in [5, 5.41) is 9.23. The Morgan fingerprint density at radius 1 is 1.12 bits per heavy atom. The summed E-state index contributed by atoms with van der Waals surface area (Å²) in [4.78, 5) is 17.0. The van der Waals surface area contributed by atoms with E-state index in [1.165, 1.54) is 5.69 Å². The first kappa shape index (κ1) is 24.3. The van der Waals surface area contributed by atoms with Crippen molar-refractivity contribution in [2.24, 2.45) is 18.7 Å². The summed E-state index contributed by atoms with van der Waals surface area (Å²) in [6.45, 7) is 0.738. The monoisotopic (exact) mass is 469 g/mol. The van der Waals surface area contributed by atoms with E-state index in [2.05, 4.69) is 27.5 Å². The molecule has 1 amide bonds. The molecule has 3 aromatic rings. The van der Waals surface area contributed by atoms with Crippen LogP contribution in [0.3, 0.4) is 0 Å². The van der Waals surface area contributed by atoms with Gasteiger partial charge < -0.3 is 11.1 Å². The van der Waals surface area contributed by atoms with Crippen LogP contribution < -0.4 is 11.1 Å². The van der Waals surface area contributed by atoms with E-state index in [0.29, 0.717) is 5.82 Å². The molecule has 2 heterocycles. The number of rotatable bonds is 9. The van der Waals surface area contributed by atoms with Gasteiger partial charge in [-0.3, -0.25) is 9.48 Å². The minimum Gasteiger partial charge on any atom is -0.330 e. The van der Waals surface area contributed by atoms with Gasteiger partial charge in [-0.05, 0) is 61.7 Å². The first-order chi connectivity index (χ1) is 16.4. The van der Waals surface area contributed by atoms with Gasteiger partial charge in [0.2, 0.25) is 11.8 Å². The maximum absolute atomic E-state index is 13.4. The molecule has 0 aliphatic heterocycles. The Bertz CT molecular complexity index is 1130.